The van der Waals surface area contributed by atoms with Crippen molar-refractivity contribution in [2.24, 2.45) is 5.92 Å². The quantitative estimate of drug-likeness (QED) is 0.500. The van der Waals surface area contributed by atoms with Gasteiger partial charge in [0, 0.05) is 19.6 Å². The molecule has 0 rings (SSSR count). The minimum Gasteiger partial charge on any atom is -0.295 e. The molecule has 1 unspecified atom stereocenters. The normalized spacial score (nSPS) is 12.8. The maximum Gasteiger partial charge on any atom is 0.0190 e. The van der Waals surface area contributed by atoms with Crippen LogP contribution in [-0.2, 0) is 0 Å². The van der Waals surface area contributed by atoms with E-state index < -0.39 is 0 Å². The fourth-order valence-electron chi connectivity index (χ4n) is 2.23. The Kier molecular flexibility index (Phi) is 9.16. The summed E-state index contributed by atoms with van der Waals surface area (Å²) in [5.74, 6) is 0.827. The highest BCUT2D eigenvalue weighted by Gasteiger charge is 2.12. The van der Waals surface area contributed by atoms with Gasteiger partial charge in [0.15, 0.2) is 0 Å². The molecule has 0 heterocycles. The first-order valence-corrected chi connectivity index (χ1v) is 7.00. The van der Waals surface area contributed by atoms with Crippen LogP contribution in [0.25, 0.3) is 0 Å². The summed E-state index contributed by atoms with van der Waals surface area (Å²) in [5, 5.41) is 0. The van der Waals surface area contributed by atoms with Gasteiger partial charge in [-0.15, -0.1) is 0 Å². The summed E-state index contributed by atoms with van der Waals surface area (Å²) in [6, 6.07) is 0. The molecule has 0 aromatic carbocycles. The summed E-state index contributed by atoms with van der Waals surface area (Å²) in [6.45, 7) is 20.1. The Morgan fingerprint density at radius 2 is 1.59 bits per heavy atom. The Hall–Kier alpha value is -0.560. The van der Waals surface area contributed by atoms with E-state index >= 15 is 0 Å². The number of unbranched alkanes of at least 4 members (excludes halogenated alkanes) is 1. The van der Waals surface area contributed by atoms with Gasteiger partial charge in [0.1, 0.15) is 0 Å². The molecule has 17 heavy (non-hydrogen) atoms. The summed E-state index contributed by atoms with van der Waals surface area (Å²) in [5.41, 5.74) is 2.49. The molecule has 0 aliphatic carbocycles. The van der Waals surface area contributed by atoms with Crippen LogP contribution >= 0.6 is 0 Å². The first-order valence-electron chi connectivity index (χ1n) is 7.00. The smallest absolute Gasteiger partial charge is 0.0190 e. The Morgan fingerprint density at radius 1 is 1.06 bits per heavy atom. The van der Waals surface area contributed by atoms with E-state index in [9.17, 15) is 0 Å². The predicted molar refractivity (Wildman–Crippen MR) is 79.4 cm³/mol. The molecule has 0 aliphatic heterocycles. The lowest BCUT2D eigenvalue weighted by Gasteiger charge is -2.27. The van der Waals surface area contributed by atoms with Crippen LogP contribution in [0.4, 0.5) is 0 Å². The molecule has 0 aromatic rings. The van der Waals surface area contributed by atoms with E-state index in [0.717, 1.165) is 19.0 Å². The average molecular weight is 237 g/mol. The molecule has 0 aliphatic rings. The van der Waals surface area contributed by atoms with Gasteiger partial charge in [-0.05, 0) is 26.2 Å². The Balaban J connectivity index is 4.25. The van der Waals surface area contributed by atoms with Gasteiger partial charge < -0.3 is 0 Å². The second-order valence-corrected chi connectivity index (χ2v) is 5.50. The van der Waals surface area contributed by atoms with Crippen LogP contribution < -0.4 is 0 Å². The topological polar surface area (TPSA) is 3.24 Å². The van der Waals surface area contributed by atoms with Crippen molar-refractivity contribution >= 4 is 0 Å². The van der Waals surface area contributed by atoms with Crippen LogP contribution in [-0.4, -0.2) is 24.5 Å². The summed E-state index contributed by atoms with van der Waals surface area (Å²) in [4.78, 5) is 2.49. The lowest BCUT2D eigenvalue weighted by molar-refractivity contribution is 0.250. The van der Waals surface area contributed by atoms with Gasteiger partial charge >= 0.3 is 0 Å². The molecule has 0 N–H and O–H groups in total. The van der Waals surface area contributed by atoms with Gasteiger partial charge in [-0.3, -0.25) is 4.90 Å². The Labute approximate surface area is 109 Å². The number of hydrogen-bond acceptors (Lipinski definition) is 1. The zero-order valence-electron chi connectivity index (χ0n) is 12.4. The van der Waals surface area contributed by atoms with Crippen LogP contribution in [0.3, 0.4) is 0 Å². The molecule has 1 nitrogen and oxygen atoms in total. The van der Waals surface area contributed by atoms with E-state index in [1.54, 1.807) is 0 Å². The van der Waals surface area contributed by atoms with Crippen molar-refractivity contribution in [1.82, 2.24) is 4.90 Å². The molecule has 0 radical (unpaired) electrons. The second-order valence-electron chi connectivity index (χ2n) is 5.50. The Morgan fingerprint density at radius 3 is 1.94 bits per heavy atom. The fraction of sp³-hybridized carbons (Fsp3) is 0.750. The van der Waals surface area contributed by atoms with Crippen molar-refractivity contribution < 1.29 is 0 Å². The van der Waals surface area contributed by atoms with E-state index in [1.165, 1.54) is 43.4 Å². The lowest BCUT2D eigenvalue weighted by Crippen LogP contribution is -2.32. The zero-order valence-corrected chi connectivity index (χ0v) is 12.4. The number of nitrogens with zero attached hydrogens (tertiary/aromatic N) is 1. The molecule has 0 aromatic heterocycles. The molecule has 1 atom stereocenters. The number of rotatable bonds is 10. The van der Waals surface area contributed by atoms with Crippen LogP contribution in [0.2, 0.25) is 0 Å². The summed E-state index contributed by atoms with van der Waals surface area (Å²) in [7, 11) is 0. The maximum absolute atomic E-state index is 4.03. The molecule has 0 saturated heterocycles. The highest BCUT2D eigenvalue weighted by Crippen LogP contribution is 2.15. The standard InChI is InChI=1S/C16H31N/c1-7-9-10-16(8-2)13-17(11-14(3)4)12-15(5)6/h16H,3,5,7-13H2,1-2,4,6H3. The van der Waals surface area contributed by atoms with Gasteiger partial charge in [0.25, 0.3) is 0 Å². The van der Waals surface area contributed by atoms with Crippen molar-refractivity contribution in [3.8, 4) is 0 Å². The van der Waals surface area contributed by atoms with Gasteiger partial charge in [0.05, 0.1) is 0 Å². The first-order chi connectivity index (χ1) is 7.99. The monoisotopic (exact) mass is 237 g/mol. The second kappa shape index (κ2) is 9.47. The zero-order chi connectivity index (χ0) is 13.3. The SMILES string of the molecule is C=C(C)CN(CC(=C)C)CC(CC)CCCC. The molecule has 0 amide bonds. The van der Waals surface area contributed by atoms with E-state index in [4.69, 9.17) is 0 Å². The third-order valence-corrected chi connectivity index (χ3v) is 3.05. The minimum atomic E-state index is 0.827. The Bertz CT molecular complexity index is 214. The largest absolute Gasteiger partial charge is 0.295 e. The number of hydrogen-bond donors (Lipinski definition) is 0. The van der Waals surface area contributed by atoms with Gasteiger partial charge in [-0.25, -0.2) is 0 Å². The van der Waals surface area contributed by atoms with Gasteiger partial charge in [0.2, 0.25) is 0 Å². The summed E-state index contributed by atoms with van der Waals surface area (Å²) < 4.78 is 0. The van der Waals surface area contributed by atoms with Gasteiger partial charge in [-0.2, -0.15) is 0 Å². The highest BCUT2D eigenvalue weighted by atomic mass is 15.1. The molecule has 100 valence electrons. The van der Waals surface area contributed by atoms with Crippen LogP contribution in [0.5, 0.6) is 0 Å². The van der Waals surface area contributed by atoms with Crippen LogP contribution in [0.1, 0.15) is 53.4 Å². The van der Waals surface area contributed by atoms with E-state index in [0.29, 0.717) is 0 Å². The molecule has 0 bridgehead atoms. The first kappa shape index (κ1) is 16.4. The van der Waals surface area contributed by atoms with Crippen molar-refractivity contribution in [3.05, 3.63) is 24.3 Å². The van der Waals surface area contributed by atoms with E-state index in [1.807, 2.05) is 0 Å². The maximum atomic E-state index is 4.03. The average Bonchev–Trinajstić information content (AvgIpc) is 2.22. The van der Waals surface area contributed by atoms with Crippen molar-refractivity contribution in [2.75, 3.05) is 19.6 Å². The van der Waals surface area contributed by atoms with Crippen molar-refractivity contribution in [1.29, 1.82) is 0 Å². The fourth-order valence-corrected chi connectivity index (χ4v) is 2.23. The van der Waals surface area contributed by atoms with Crippen molar-refractivity contribution in [2.45, 2.75) is 53.4 Å². The molecule has 0 saturated carbocycles. The lowest BCUT2D eigenvalue weighted by atomic mass is 9.98. The van der Waals surface area contributed by atoms with Crippen molar-refractivity contribution in [3.63, 3.8) is 0 Å². The molecule has 0 spiro atoms. The summed E-state index contributed by atoms with van der Waals surface area (Å²) in [6.07, 6.45) is 5.29. The van der Waals surface area contributed by atoms with Crippen LogP contribution in [0, 0.1) is 5.92 Å². The minimum absolute atomic E-state index is 0.827. The molecule has 1 heteroatoms. The highest BCUT2D eigenvalue weighted by molar-refractivity contribution is 4.98. The third kappa shape index (κ3) is 9.17. The van der Waals surface area contributed by atoms with Crippen LogP contribution in [0.15, 0.2) is 24.3 Å². The third-order valence-electron chi connectivity index (χ3n) is 3.05. The predicted octanol–water partition coefficient (Wildman–Crippen LogP) is 4.66. The summed E-state index contributed by atoms with van der Waals surface area (Å²) >= 11 is 0. The molecule has 0 fully saturated rings. The molecular weight excluding hydrogens is 206 g/mol. The van der Waals surface area contributed by atoms with E-state index in [2.05, 4.69) is 45.8 Å². The molecular formula is C16H31N. The van der Waals surface area contributed by atoms with E-state index in [-0.39, 0.29) is 0 Å². The van der Waals surface area contributed by atoms with Gasteiger partial charge in [-0.1, -0.05) is 57.4 Å².